The standard InChI is InChI=1S/C19H20BrN9/c1-19(2)11-28(9-13(27-19)12-5-24-25-6-12)16-3-4-21-18(26-16)14-7-23-17-8-22-15(20)10-29(14)17/h3-8,10,13,27H,9,11H2,1-2H3,(H,24,25). The van der Waals surface area contributed by atoms with Crippen LogP contribution in [0.25, 0.3) is 17.2 Å². The number of H-pyrrole nitrogens is 1. The van der Waals surface area contributed by atoms with Gasteiger partial charge in [0.1, 0.15) is 16.1 Å². The van der Waals surface area contributed by atoms with Gasteiger partial charge in [0, 0.05) is 42.8 Å². The third kappa shape index (κ3) is 3.49. The van der Waals surface area contributed by atoms with Gasteiger partial charge in [-0.25, -0.2) is 19.9 Å². The molecule has 1 fully saturated rings. The van der Waals surface area contributed by atoms with Crippen LogP contribution in [0.15, 0.2) is 47.9 Å². The average Bonchev–Trinajstić information content (AvgIpc) is 3.37. The van der Waals surface area contributed by atoms with E-state index in [1.54, 1.807) is 18.6 Å². The van der Waals surface area contributed by atoms with Crippen molar-refractivity contribution in [2.24, 2.45) is 0 Å². The van der Waals surface area contributed by atoms with Crippen molar-refractivity contribution in [1.82, 2.24) is 39.9 Å². The zero-order chi connectivity index (χ0) is 20.0. The molecule has 9 nitrogen and oxygen atoms in total. The lowest BCUT2D eigenvalue weighted by Gasteiger charge is -2.44. The number of piperazine rings is 1. The molecule has 0 aromatic carbocycles. The molecule has 4 aromatic rings. The number of halogens is 1. The number of aromatic nitrogens is 7. The second-order valence-corrected chi connectivity index (χ2v) is 8.63. The van der Waals surface area contributed by atoms with Crippen LogP contribution in [0.5, 0.6) is 0 Å². The summed E-state index contributed by atoms with van der Waals surface area (Å²) < 4.78 is 2.67. The van der Waals surface area contributed by atoms with E-state index in [9.17, 15) is 0 Å². The second kappa shape index (κ2) is 6.89. The van der Waals surface area contributed by atoms with Gasteiger partial charge >= 0.3 is 0 Å². The van der Waals surface area contributed by atoms with E-state index in [2.05, 4.69) is 65.1 Å². The monoisotopic (exact) mass is 453 g/mol. The lowest BCUT2D eigenvalue weighted by Crippen LogP contribution is -2.58. The number of imidazole rings is 1. The maximum Gasteiger partial charge on any atom is 0.180 e. The maximum atomic E-state index is 4.87. The molecule has 1 atom stereocenters. The number of hydrogen-bond acceptors (Lipinski definition) is 7. The SMILES string of the molecule is CC1(C)CN(c2ccnc(-c3cnc4cnc(Br)cn34)n2)CC(c2cn[nH]c2)N1. The molecule has 1 aliphatic heterocycles. The van der Waals surface area contributed by atoms with Gasteiger partial charge in [0.25, 0.3) is 0 Å². The number of hydrogen-bond donors (Lipinski definition) is 2. The van der Waals surface area contributed by atoms with Crippen molar-refractivity contribution in [1.29, 1.82) is 0 Å². The first-order valence-electron chi connectivity index (χ1n) is 9.32. The molecular weight excluding hydrogens is 434 g/mol. The molecule has 5 heterocycles. The Labute approximate surface area is 175 Å². The van der Waals surface area contributed by atoms with Crippen LogP contribution < -0.4 is 10.2 Å². The van der Waals surface area contributed by atoms with E-state index in [0.29, 0.717) is 5.82 Å². The Kier molecular flexibility index (Phi) is 4.32. The Bertz CT molecular complexity index is 1150. The van der Waals surface area contributed by atoms with Crippen molar-refractivity contribution in [3.63, 3.8) is 0 Å². The molecule has 0 radical (unpaired) electrons. The highest BCUT2D eigenvalue weighted by Crippen LogP contribution is 2.28. The van der Waals surface area contributed by atoms with E-state index >= 15 is 0 Å². The third-order valence-electron chi connectivity index (χ3n) is 5.03. The van der Waals surface area contributed by atoms with Crippen molar-refractivity contribution in [2.75, 3.05) is 18.0 Å². The fourth-order valence-electron chi connectivity index (χ4n) is 3.82. The predicted molar refractivity (Wildman–Crippen MR) is 112 cm³/mol. The quantitative estimate of drug-likeness (QED) is 0.491. The zero-order valence-electron chi connectivity index (χ0n) is 16.0. The fraction of sp³-hybridized carbons (Fsp3) is 0.316. The number of anilines is 1. The van der Waals surface area contributed by atoms with E-state index in [-0.39, 0.29) is 11.6 Å². The van der Waals surface area contributed by atoms with Crippen LogP contribution in [0.1, 0.15) is 25.5 Å². The van der Waals surface area contributed by atoms with Gasteiger partial charge in [-0.3, -0.25) is 9.50 Å². The Morgan fingerprint density at radius 1 is 1.17 bits per heavy atom. The minimum absolute atomic E-state index is 0.0782. The summed E-state index contributed by atoms with van der Waals surface area (Å²) in [5, 5.41) is 10.7. The van der Waals surface area contributed by atoms with Gasteiger partial charge < -0.3 is 10.2 Å². The molecule has 1 saturated heterocycles. The molecular formula is C19H20BrN9. The number of nitrogens with one attached hydrogen (secondary N) is 2. The largest absolute Gasteiger partial charge is 0.353 e. The van der Waals surface area contributed by atoms with E-state index in [1.807, 2.05) is 29.1 Å². The zero-order valence-corrected chi connectivity index (χ0v) is 17.6. The van der Waals surface area contributed by atoms with Crippen LogP contribution in [0, 0.1) is 0 Å². The first-order valence-corrected chi connectivity index (χ1v) is 10.1. The van der Waals surface area contributed by atoms with E-state index in [1.165, 1.54) is 0 Å². The Morgan fingerprint density at radius 3 is 2.90 bits per heavy atom. The topological polar surface area (TPSA) is 99.9 Å². The average molecular weight is 454 g/mol. The number of fused-ring (bicyclic) bond motifs is 1. The summed E-state index contributed by atoms with van der Waals surface area (Å²) in [6, 6.07) is 2.12. The third-order valence-corrected chi connectivity index (χ3v) is 5.44. The van der Waals surface area contributed by atoms with Gasteiger partial charge in [-0.05, 0) is 35.8 Å². The van der Waals surface area contributed by atoms with Gasteiger partial charge in [0.2, 0.25) is 0 Å². The van der Waals surface area contributed by atoms with Crippen molar-refractivity contribution in [3.05, 3.63) is 53.4 Å². The van der Waals surface area contributed by atoms with Crippen LogP contribution in [-0.2, 0) is 0 Å². The van der Waals surface area contributed by atoms with E-state index in [4.69, 9.17) is 4.98 Å². The molecule has 0 spiro atoms. The molecule has 0 bridgehead atoms. The number of rotatable bonds is 3. The van der Waals surface area contributed by atoms with Crippen LogP contribution in [0.4, 0.5) is 5.82 Å². The van der Waals surface area contributed by atoms with Crippen LogP contribution in [-0.4, -0.2) is 53.2 Å². The molecule has 0 saturated carbocycles. The molecule has 1 unspecified atom stereocenters. The van der Waals surface area contributed by atoms with Crippen LogP contribution in [0.2, 0.25) is 0 Å². The van der Waals surface area contributed by atoms with Crippen molar-refractivity contribution in [3.8, 4) is 11.5 Å². The maximum absolute atomic E-state index is 4.87. The van der Waals surface area contributed by atoms with Crippen molar-refractivity contribution in [2.45, 2.75) is 25.4 Å². The highest BCUT2D eigenvalue weighted by atomic mass is 79.9. The molecule has 1 aliphatic rings. The fourth-order valence-corrected chi connectivity index (χ4v) is 4.13. The van der Waals surface area contributed by atoms with Gasteiger partial charge in [-0.2, -0.15) is 5.10 Å². The van der Waals surface area contributed by atoms with Crippen molar-refractivity contribution < 1.29 is 0 Å². The Balaban J connectivity index is 1.51. The summed E-state index contributed by atoms with van der Waals surface area (Å²) in [6.07, 6.45) is 11.0. The highest BCUT2D eigenvalue weighted by Gasteiger charge is 2.33. The van der Waals surface area contributed by atoms with Gasteiger partial charge in [0.15, 0.2) is 11.5 Å². The van der Waals surface area contributed by atoms with E-state index in [0.717, 1.165) is 40.4 Å². The van der Waals surface area contributed by atoms with Gasteiger partial charge in [-0.1, -0.05) is 0 Å². The van der Waals surface area contributed by atoms with E-state index < -0.39 is 0 Å². The molecule has 148 valence electrons. The normalized spacial score (nSPS) is 19.0. The van der Waals surface area contributed by atoms with Gasteiger partial charge in [-0.15, -0.1) is 0 Å². The summed E-state index contributed by atoms with van der Waals surface area (Å²) in [7, 11) is 0. The minimum Gasteiger partial charge on any atom is -0.353 e. The van der Waals surface area contributed by atoms with Crippen molar-refractivity contribution >= 4 is 27.4 Å². The highest BCUT2D eigenvalue weighted by molar-refractivity contribution is 9.10. The summed E-state index contributed by atoms with van der Waals surface area (Å²) in [5.41, 5.74) is 2.63. The molecule has 2 N–H and O–H groups in total. The summed E-state index contributed by atoms with van der Waals surface area (Å²) in [6.45, 7) is 6.02. The smallest absolute Gasteiger partial charge is 0.180 e. The minimum atomic E-state index is -0.0782. The predicted octanol–water partition coefficient (Wildman–Crippen LogP) is 2.60. The molecule has 0 amide bonds. The summed E-state index contributed by atoms with van der Waals surface area (Å²) >= 11 is 3.42. The Hall–Kier alpha value is -2.85. The first kappa shape index (κ1) is 18.2. The molecule has 10 heteroatoms. The summed E-state index contributed by atoms with van der Waals surface area (Å²) in [5.74, 6) is 1.52. The molecule has 4 aromatic heterocycles. The first-order chi connectivity index (χ1) is 14.0. The lowest BCUT2D eigenvalue weighted by molar-refractivity contribution is 0.291. The lowest BCUT2D eigenvalue weighted by atomic mass is 9.96. The molecule has 0 aliphatic carbocycles. The number of aromatic amines is 1. The Morgan fingerprint density at radius 2 is 2.07 bits per heavy atom. The molecule has 5 rings (SSSR count). The summed E-state index contributed by atoms with van der Waals surface area (Å²) in [4.78, 5) is 20.3. The second-order valence-electron chi connectivity index (χ2n) is 7.81. The van der Waals surface area contributed by atoms with Crippen LogP contribution >= 0.6 is 15.9 Å². The number of nitrogens with zero attached hydrogens (tertiary/aromatic N) is 7. The van der Waals surface area contributed by atoms with Gasteiger partial charge in [0.05, 0.1) is 24.6 Å². The molecule has 29 heavy (non-hydrogen) atoms. The van der Waals surface area contributed by atoms with Crippen LogP contribution in [0.3, 0.4) is 0 Å².